The third kappa shape index (κ3) is 3.76. The Hall–Kier alpha value is -1.28. The molecule has 1 aromatic carbocycles. The summed E-state index contributed by atoms with van der Waals surface area (Å²) in [4.78, 5) is -0.241. The van der Waals surface area contributed by atoms with Gasteiger partial charge in [-0.25, -0.2) is 13.6 Å². The van der Waals surface area contributed by atoms with Crippen LogP contribution >= 0.6 is 0 Å². The number of hydrogen-bond donors (Lipinski definition) is 2. The number of sulfonamides is 1. The number of anilines is 1. The van der Waals surface area contributed by atoms with Crippen molar-refractivity contribution in [2.75, 3.05) is 5.32 Å². The number of primary sulfonamides is 1. The van der Waals surface area contributed by atoms with E-state index in [9.17, 15) is 21.6 Å². The second-order valence-electron chi connectivity index (χ2n) is 2.69. The first kappa shape index (κ1) is 11.8. The Bertz CT molecular complexity index is 438. The number of nitrogens with one attached hydrogen (secondary N) is 1. The van der Waals surface area contributed by atoms with E-state index in [1.54, 1.807) is 0 Å². The first-order valence-corrected chi connectivity index (χ1v) is 5.21. The van der Waals surface area contributed by atoms with Gasteiger partial charge in [0.15, 0.2) is 0 Å². The number of alkyl halides is 3. The van der Waals surface area contributed by atoms with Crippen molar-refractivity contribution in [1.29, 1.82) is 0 Å². The van der Waals surface area contributed by atoms with Crippen LogP contribution in [0.25, 0.3) is 0 Å². The average Bonchev–Trinajstić information content (AvgIpc) is 2.00. The third-order valence-electron chi connectivity index (χ3n) is 1.47. The largest absolute Gasteiger partial charge is 0.482 e. The van der Waals surface area contributed by atoms with E-state index in [1.165, 1.54) is 5.32 Å². The Balaban J connectivity index is 2.92. The van der Waals surface area contributed by atoms with Gasteiger partial charge in [-0.05, 0) is 24.3 Å². The van der Waals surface area contributed by atoms with Crippen LogP contribution in [0.2, 0.25) is 0 Å². The summed E-state index contributed by atoms with van der Waals surface area (Å²) in [6.07, 6.45) is -4.55. The summed E-state index contributed by atoms with van der Waals surface area (Å²) in [5.41, 5.74) is -0.255. The second-order valence-corrected chi connectivity index (χ2v) is 4.25. The van der Waals surface area contributed by atoms with Gasteiger partial charge in [-0.3, -0.25) is 5.32 Å². The summed E-state index contributed by atoms with van der Waals surface area (Å²) in [6.45, 7) is 0. The van der Waals surface area contributed by atoms with Crippen molar-refractivity contribution in [3.05, 3.63) is 24.3 Å². The molecule has 0 aliphatic heterocycles. The molecular formula is C7H7F3N2O2S. The summed E-state index contributed by atoms with van der Waals surface area (Å²) >= 11 is 0. The van der Waals surface area contributed by atoms with Gasteiger partial charge in [-0.2, -0.15) is 13.2 Å². The van der Waals surface area contributed by atoms with Crippen molar-refractivity contribution in [1.82, 2.24) is 0 Å². The van der Waals surface area contributed by atoms with Gasteiger partial charge >= 0.3 is 6.30 Å². The minimum absolute atomic E-state index is 0.241. The Morgan fingerprint density at radius 3 is 1.93 bits per heavy atom. The van der Waals surface area contributed by atoms with Gasteiger partial charge in [-0.15, -0.1) is 0 Å². The number of hydrogen-bond acceptors (Lipinski definition) is 3. The van der Waals surface area contributed by atoms with Gasteiger partial charge in [0.2, 0.25) is 10.0 Å². The second kappa shape index (κ2) is 3.70. The molecule has 0 bridgehead atoms. The molecule has 0 heterocycles. The molecule has 0 saturated carbocycles. The van der Waals surface area contributed by atoms with E-state index < -0.39 is 16.3 Å². The molecule has 0 spiro atoms. The zero-order chi connectivity index (χ0) is 11.7. The van der Waals surface area contributed by atoms with Crippen molar-refractivity contribution in [3.8, 4) is 0 Å². The first-order chi connectivity index (χ1) is 6.68. The molecule has 0 aromatic heterocycles. The summed E-state index contributed by atoms with van der Waals surface area (Å²) in [5, 5.41) is 5.99. The SMILES string of the molecule is NS(=O)(=O)c1ccc(NC(F)(F)F)cc1. The number of nitrogens with two attached hydrogens (primary N) is 1. The molecule has 0 aliphatic carbocycles. The molecule has 1 rings (SSSR count). The van der Waals surface area contributed by atoms with Crippen LogP contribution in [0, 0.1) is 0 Å². The third-order valence-corrected chi connectivity index (χ3v) is 2.40. The zero-order valence-corrected chi connectivity index (χ0v) is 8.06. The molecule has 0 radical (unpaired) electrons. The highest BCUT2D eigenvalue weighted by molar-refractivity contribution is 7.89. The van der Waals surface area contributed by atoms with Gasteiger partial charge in [0, 0.05) is 5.69 Å². The molecule has 0 aliphatic rings. The van der Waals surface area contributed by atoms with Crippen LogP contribution < -0.4 is 10.5 Å². The first-order valence-electron chi connectivity index (χ1n) is 3.66. The smallest absolute Gasteiger partial charge is 0.298 e. The highest BCUT2D eigenvalue weighted by Gasteiger charge is 2.26. The van der Waals surface area contributed by atoms with Crippen LogP contribution in [0.15, 0.2) is 29.2 Å². The van der Waals surface area contributed by atoms with Gasteiger partial charge in [0.25, 0.3) is 0 Å². The Morgan fingerprint density at radius 1 is 1.13 bits per heavy atom. The van der Waals surface area contributed by atoms with E-state index in [0.29, 0.717) is 0 Å². The van der Waals surface area contributed by atoms with Crippen LogP contribution in [0.5, 0.6) is 0 Å². The maximum atomic E-state index is 11.8. The maximum Gasteiger partial charge on any atom is 0.482 e. The molecule has 0 atom stereocenters. The number of halogens is 3. The predicted octanol–water partition coefficient (Wildman–Crippen LogP) is 1.27. The lowest BCUT2D eigenvalue weighted by atomic mass is 10.3. The Kier molecular flexibility index (Phi) is 2.91. The number of benzene rings is 1. The van der Waals surface area contributed by atoms with Crippen molar-refractivity contribution < 1.29 is 21.6 Å². The molecule has 15 heavy (non-hydrogen) atoms. The van der Waals surface area contributed by atoms with Gasteiger partial charge in [-0.1, -0.05) is 0 Å². The number of rotatable bonds is 2. The van der Waals surface area contributed by atoms with E-state index in [-0.39, 0.29) is 10.6 Å². The van der Waals surface area contributed by atoms with Crippen molar-refractivity contribution in [2.24, 2.45) is 5.14 Å². The van der Waals surface area contributed by atoms with Gasteiger partial charge < -0.3 is 0 Å². The maximum absolute atomic E-state index is 11.8. The summed E-state index contributed by atoms with van der Waals surface area (Å²) in [5.74, 6) is 0. The quantitative estimate of drug-likeness (QED) is 0.764. The lowest BCUT2D eigenvalue weighted by Gasteiger charge is -2.09. The van der Waals surface area contributed by atoms with E-state index in [0.717, 1.165) is 24.3 Å². The molecule has 0 saturated heterocycles. The molecule has 0 amide bonds. The summed E-state index contributed by atoms with van der Waals surface area (Å²) < 4.78 is 57.0. The van der Waals surface area contributed by atoms with E-state index in [2.05, 4.69) is 0 Å². The van der Waals surface area contributed by atoms with Crippen LogP contribution in [0.3, 0.4) is 0 Å². The van der Waals surface area contributed by atoms with Gasteiger partial charge in [0.1, 0.15) is 0 Å². The molecule has 0 fully saturated rings. The van der Waals surface area contributed by atoms with E-state index >= 15 is 0 Å². The van der Waals surface area contributed by atoms with Crippen molar-refractivity contribution in [3.63, 3.8) is 0 Å². The van der Waals surface area contributed by atoms with Crippen LogP contribution in [0.4, 0.5) is 18.9 Å². The highest BCUT2D eigenvalue weighted by atomic mass is 32.2. The normalized spacial score (nSPS) is 12.5. The van der Waals surface area contributed by atoms with Crippen molar-refractivity contribution >= 4 is 15.7 Å². The molecule has 3 N–H and O–H groups in total. The zero-order valence-electron chi connectivity index (χ0n) is 7.25. The fourth-order valence-corrected chi connectivity index (χ4v) is 1.41. The van der Waals surface area contributed by atoms with Gasteiger partial charge in [0.05, 0.1) is 4.90 Å². The average molecular weight is 240 g/mol. The lowest BCUT2D eigenvalue weighted by molar-refractivity contribution is -0.0999. The molecule has 84 valence electrons. The summed E-state index contributed by atoms with van der Waals surface area (Å²) in [7, 11) is -3.87. The minimum Gasteiger partial charge on any atom is -0.298 e. The molecular weight excluding hydrogens is 233 g/mol. The minimum atomic E-state index is -4.55. The van der Waals surface area contributed by atoms with Crippen LogP contribution in [0.1, 0.15) is 0 Å². The molecule has 0 unspecified atom stereocenters. The fourth-order valence-electron chi connectivity index (χ4n) is 0.892. The standard InChI is InChI=1S/C7H7F3N2O2S/c8-7(9,10)12-5-1-3-6(4-2-5)15(11,13)14/h1-4,12H,(H2,11,13,14). The predicted molar refractivity (Wildman–Crippen MR) is 47.5 cm³/mol. The fraction of sp³-hybridized carbons (Fsp3) is 0.143. The van der Waals surface area contributed by atoms with Crippen LogP contribution in [-0.4, -0.2) is 14.7 Å². The van der Waals surface area contributed by atoms with Crippen molar-refractivity contribution in [2.45, 2.75) is 11.2 Å². The molecule has 4 nitrogen and oxygen atoms in total. The van der Waals surface area contributed by atoms with E-state index in [4.69, 9.17) is 5.14 Å². The molecule has 8 heteroatoms. The monoisotopic (exact) mass is 240 g/mol. The van der Waals surface area contributed by atoms with Crippen LogP contribution in [-0.2, 0) is 10.0 Å². The summed E-state index contributed by atoms with van der Waals surface area (Å²) in [6, 6.07) is 3.94. The molecule has 1 aromatic rings. The Morgan fingerprint density at radius 2 is 1.60 bits per heavy atom. The van der Waals surface area contributed by atoms with E-state index in [1.807, 2.05) is 0 Å². The lowest BCUT2D eigenvalue weighted by Crippen LogP contribution is -2.20. The Labute approximate surface area is 83.9 Å². The highest BCUT2D eigenvalue weighted by Crippen LogP contribution is 2.20. The topological polar surface area (TPSA) is 72.2 Å².